The number of rotatable bonds is 11. The van der Waals surface area contributed by atoms with Crippen LogP contribution in [0.1, 0.15) is 22.3 Å². The Kier molecular flexibility index (Phi) is 9.40. The minimum Gasteiger partial charge on any atom is -0.380 e. The molecule has 4 aromatic carbocycles. The molecule has 0 spiro atoms. The second-order valence-electron chi connectivity index (χ2n) is 9.22. The van der Waals surface area contributed by atoms with Crippen LogP contribution in [0, 0.1) is 0 Å². The molecule has 0 aliphatic rings. The van der Waals surface area contributed by atoms with Gasteiger partial charge in [0.2, 0.25) is 0 Å². The molecule has 0 fully saturated rings. The van der Waals surface area contributed by atoms with Gasteiger partial charge in [-0.3, -0.25) is 9.59 Å². The third-order valence-corrected chi connectivity index (χ3v) is 6.29. The molecule has 0 radical (unpaired) electrons. The zero-order valence-corrected chi connectivity index (χ0v) is 21.1. The summed E-state index contributed by atoms with van der Waals surface area (Å²) in [5.41, 5.74) is 3.50. The molecule has 6 nitrogen and oxygen atoms in total. The van der Waals surface area contributed by atoms with Crippen LogP contribution in [0.25, 0.3) is 0 Å². The summed E-state index contributed by atoms with van der Waals surface area (Å²) in [6.07, 6.45) is -3.83. The van der Waals surface area contributed by atoms with Gasteiger partial charge in [0.15, 0.2) is 12.2 Å². The molecule has 6 heteroatoms. The Labute approximate surface area is 223 Å². The summed E-state index contributed by atoms with van der Waals surface area (Å²) < 4.78 is 0. The molecule has 4 aromatic rings. The Morgan fingerprint density at radius 2 is 0.658 bits per heavy atom. The van der Waals surface area contributed by atoms with Crippen LogP contribution in [-0.2, 0) is 35.8 Å². The standard InChI is InChI=1S/C32H32N2O4/c35-29(31(37)33(21-25-13-5-1-6-14-25)22-26-15-7-2-8-16-26)30(36)32(38)34(23-27-17-9-3-10-18-27)24-28-19-11-4-12-20-28/h1-20,29-30,35-36H,21-24H2/t29-,30-/m0/s1. The summed E-state index contributed by atoms with van der Waals surface area (Å²) in [6, 6.07) is 37.7. The van der Waals surface area contributed by atoms with Crippen molar-refractivity contribution in [3.63, 3.8) is 0 Å². The quantitative estimate of drug-likeness (QED) is 0.319. The highest BCUT2D eigenvalue weighted by Crippen LogP contribution is 2.16. The van der Waals surface area contributed by atoms with Gasteiger partial charge >= 0.3 is 0 Å². The largest absolute Gasteiger partial charge is 0.380 e. The van der Waals surface area contributed by atoms with Gasteiger partial charge in [-0.05, 0) is 22.3 Å². The van der Waals surface area contributed by atoms with Crippen molar-refractivity contribution >= 4 is 11.8 Å². The summed E-state index contributed by atoms with van der Waals surface area (Å²) in [7, 11) is 0. The second kappa shape index (κ2) is 13.3. The molecular formula is C32H32N2O4. The lowest BCUT2D eigenvalue weighted by molar-refractivity contribution is -0.159. The Morgan fingerprint density at radius 1 is 0.447 bits per heavy atom. The maximum absolute atomic E-state index is 13.5. The normalized spacial score (nSPS) is 12.4. The molecule has 2 atom stereocenters. The fraction of sp³-hybridized carbons (Fsp3) is 0.188. The molecule has 0 bridgehead atoms. The van der Waals surface area contributed by atoms with Crippen LogP contribution in [0.3, 0.4) is 0 Å². The summed E-state index contributed by atoms with van der Waals surface area (Å²) in [4.78, 5) is 29.9. The lowest BCUT2D eigenvalue weighted by Gasteiger charge is -2.30. The highest BCUT2D eigenvalue weighted by molar-refractivity contribution is 5.90. The molecule has 0 saturated heterocycles. The maximum Gasteiger partial charge on any atom is 0.255 e. The first-order valence-electron chi connectivity index (χ1n) is 12.6. The molecule has 0 heterocycles. The minimum absolute atomic E-state index is 0.226. The van der Waals surface area contributed by atoms with Crippen molar-refractivity contribution in [3.8, 4) is 0 Å². The fourth-order valence-corrected chi connectivity index (χ4v) is 4.28. The minimum atomic E-state index is -1.91. The van der Waals surface area contributed by atoms with E-state index < -0.39 is 24.0 Å². The average Bonchev–Trinajstić information content (AvgIpc) is 2.97. The van der Waals surface area contributed by atoms with E-state index in [0.29, 0.717) is 0 Å². The van der Waals surface area contributed by atoms with Crippen molar-refractivity contribution in [2.45, 2.75) is 38.4 Å². The first kappa shape index (κ1) is 26.8. The average molecular weight is 509 g/mol. The van der Waals surface area contributed by atoms with Crippen molar-refractivity contribution in [1.82, 2.24) is 9.80 Å². The van der Waals surface area contributed by atoms with Gasteiger partial charge in [0.25, 0.3) is 11.8 Å². The number of carbonyl (C=O) groups is 2. The van der Waals surface area contributed by atoms with Crippen molar-refractivity contribution in [2.24, 2.45) is 0 Å². The Morgan fingerprint density at radius 3 is 0.868 bits per heavy atom. The van der Waals surface area contributed by atoms with E-state index in [0.717, 1.165) is 22.3 Å². The van der Waals surface area contributed by atoms with Crippen LogP contribution in [0.2, 0.25) is 0 Å². The number of carbonyl (C=O) groups excluding carboxylic acids is 2. The third-order valence-electron chi connectivity index (χ3n) is 6.29. The molecule has 0 aliphatic heterocycles. The lowest BCUT2D eigenvalue weighted by Crippen LogP contribution is -2.51. The zero-order valence-electron chi connectivity index (χ0n) is 21.1. The molecule has 38 heavy (non-hydrogen) atoms. The summed E-state index contributed by atoms with van der Waals surface area (Å²) in [5, 5.41) is 22.0. The number of hydrogen-bond donors (Lipinski definition) is 2. The summed E-state index contributed by atoms with van der Waals surface area (Å²) >= 11 is 0. The molecule has 0 unspecified atom stereocenters. The predicted octanol–water partition coefficient (Wildman–Crippen LogP) is 4.17. The van der Waals surface area contributed by atoms with Crippen molar-refractivity contribution in [3.05, 3.63) is 144 Å². The first-order chi connectivity index (χ1) is 18.5. The van der Waals surface area contributed by atoms with E-state index in [1.807, 2.05) is 121 Å². The summed E-state index contributed by atoms with van der Waals surface area (Å²) in [6.45, 7) is 0.906. The molecule has 4 rings (SSSR count). The SMILES string of the molecule is O=C([C@@H](O)[C@H](O)C(=O)N(Cc1ccccc1)Cc1ccccc1)N(Cc1ccccc1)Cc1ccccc1. The van der Waals surface area contributed by atoms with Crippen LogP contribution in [0.4, 0.5) is 0 Å². The lowest BCUT2D eigenvalue weighted by atomic mass is 10.1. The van der Waals surface area contributed by atoms with Gasteiger partial charge in [0.1, 0.15) is 0 Å². The predicted molar refractivity (Wildman–Crippen MR) is 146 cm³/mol. The van der Waals surface area contributed by atoms with Crippen molar-refractivity contribution in [2.75, 3.05) is 0 Å². The van der Waals surface area contributed by atoms with E-state index in [4.69, 9.17) is 0 Å². The molecular weight excluding hydrogens is 476 g/mol. The van der Waals surface area contributed by atoms with Crippen LogP contribution in [0.5, 0.6) is 0 Å². The van der Waals surface area contributed by atoms with Gasteiger partial charge in [-0.2, -0.15) is 0 Å². The van der Waals surface area contributed by atoms with E-state index in [-0.39, 0.29) is 26.2 Å². The van der Waals surface area contributed by atoms with Gasteiger partial charge in [-0.25, -0.2) is 0 Å². The van der Waals surface area contributed by atoms with E-state index in [1.165, 1.54) is 9.80 Å². The number of aliphatic hydroxyl groups is 2. The third kappa shape index (κ3) is 7.38. The van der Waals surface area contributed by atoms with Crippen LogP contribution < -0.4 is 0 Å². The van der Waals surface area contributed by atoms with E-state index in [9.17, 15) is 19.8 Å². The van der Waals surface area contributed by atoms with Crippen LogP contribution in [-0.4, -0.2) is 44.0 Å². The molecule has 194 valence electrons. The first-order valence-corrected chi connectivity index (χ1v) is 12.6. The van der Waals surface area contributed by atoms with Crippen molar-refractivity contribution < 1.29 is 19.8 Å². The number of amides is 2. The zero-order chi connectivity index (χ0) is 26.7. The van der Waals surface area contributed by atoms with E-state index in [2.05, 4.69) is 0 Å². The monoisotopic (exact) mass is 508 g/mol. The van der Waals surface area contributed by atoms with Gasteiger partial charge < -0.3 is 20.0 Å². The summed E-state index contributed by atoms with van der Waals surface area (Å²) in [5.74, 6) is -1.42. The number of hydrogen-bond acceptors (Lipinski definition) is 4. The van der Waals surface area contributed by atoms with Gasteiger partial charge in [0.05, 0.1) is 0 Å². The number of benzene rings is 4. The van der Waals surface area contributed by atoms with Gasteiger partial charge in [-0.15, -0.1) is 0 Å². The second-order valence-corrected chi connectivity index (χ2v) is 9.22. The smallest absolute Gasteiger partial charge is 0.255 e. The molecule has 0 aromatic heterocycles. The fourth-order valence-electron chi connectivity index (χ4n) is 4.28. The molecule has 2 amide bonds. The van der Waals surface area contributed by atoms with Crippen molar-refractivity contribution in [1.29, 1.82) is 0 Å². The van der Waals surface area contributed by atoms with Crippen LogP contribution in [0.15, 0.2) is 121 Å². The van der Waals surface area contributed by atoms with E-state index in [1.54, 1.807) is 0 Å². The highest BCUT2D eigenvalue weighted by atomic mass is 16.3. The van der Waals surface area contributed by atoms with E-state index >= 15 is 0 Å². The highest BCUT2D eigenvalue weighted by Gasteiger charge is 2.36. The van der Waals surface area contributed by atoms with Crippen LogP contribution >= 0.6 is 0 Å². The Bertz CT molecular complexity index is 1100. The number of aliphatic hydroxyl groups excluding tert-OH is 2. The number of nitrogens with zero attached hydrogens (tertiary/aromatic N) is 2. The maximum atomic E-state index is 13.5. The Hall–Kier alpha value is -4.26. The van der Waals surface area contributed by atoms with Gasteiger partial charge in [-0.1, -0.05) is 121 Å². The Balaban J connectivity index is 1.54. The van der Waals surface area contributed by atoms with Gasteiger partial charge in [0, 0.05) is 26.2 Å². The molecule has 0 aliphatic carbocycles. The molecule has 0 saturated carbocycles. The topological polar surface area (TPSA) is 81.1 Å². The molecule has 2 N–H and O–H groups in total.